The number of hydrazine groups is 1. The number of thiophene rings is 1. The molecule has 14 nitrogen and oxygen atoms in total. The molecule has 1 fully saturated rings. The first-order valence-electron chi connectivity index (χ1n) is 23.4. The lowest BCUT2D eigenvalue weighted by molar-refractivity contribution is -0.155. The van der Waals surface area contributed by atoms with E-state index in [4.69, 9.17) is 9.47 Å². The van der Waals surface area contributed by atoms with Crippen molar-refractivity contribution in [3.05, 3.63) is 100 Å². The number of pyridine rings is 1. The van der Waals surface area contributed by atoms with E-state index in [0.717, 1.165) is 56.4 Å². The fourth-order valence-corrected chi connectivity index (χ4v) is 9.99. The predicted octanol–water partition coefficient (Wildman–Crippen LogP) is 7.54. The molecule has 3 atom stereocenters. The first kappa shape index (κ1) is 48.9. The molecule has 2 aliphatic rings. The Bertz CT molecular complexity index is 2620. The molecule has 0 saturated carbocycles. The molecule has 7 rings (SSSR count). The van der Waals surface area contributed by atoms with Gasteiger partial charge in [-0.3, -0.25) is 29.2 Å². The molecule has 15 heteroatoms. The van der Waals surface area contributed by atoms with Gasteiger partial charge in [-0.1, -0.05) is 64.1 Å². The highest BCUT2D eigenvalue weighted by Crippen LogP contribution is 2.41. The number of methoxy groups -OCH3 is 1. The Kier molecular flexibility index (Phi) is 16.2. The number of fused-ring (bicyclic) bond motifs is 6. The van der Waals surface area contributed by atoms with Crippen LogP contribution < -0.4 is 10.7 Å². The zero-order chi connectivity index (χ0) is 47.7. The smallest absolute Gasteiger partial charge is 0.324 e. The molecule has 354 valence electrons. The Labute approximate surface area is 397 Å². The van der Waals surface area contributed by atoms with Crippen molar-refractivity contribution in [2.24, 2.45) is 21.3 Å². The lowest BCUT2D eigenvalue weighted by atomic mass is 9.84. The fraction of sp³-hybridized carbons (Fsp3) is 0.462. The summed E-state index contributed by atoms with van der Waals surface area (Å²) in [4.78, 5) is 72.1. The molecule has 6 bridgehead atoms. The number of aliphatic imine (C=N–C) groups is 2. The summed E-state index contributed by atoms with van der Waals surface area (Å²) in [6, 6.07) is 20.7. The van der Waals surface area contributed by atoms with Crippen molar-refractivity contribution in [2.75, 3.05) is 40.4 Å². The summed E-state index contributed by atoms with van der Waals surface area (Å²) in [5, 5.41) is 7.62. The number of esters is 1. The Balaban J connectivity index is 1.21. The highest BCUT2D eigenvalue weighted by molar-refractivity contribution is 7.09. The summed E-state index contributed by atoms with van der Waals surface area (Å²) in [7, 11) is 3.30. The Morgan fingerprint density at radius 3 is 2.66 bits per heavy atom. The minimum absolute atomic E-state index is 0.0675. The van der Waals surface area contributed by atoms with E-state index in [2.05, 4.69) is 93.5 Å². The Hall–Kier alpha value is -5.99. The van der Waals surface area contributed by atoms with E-state index in [0.29, 0.717) is 45.5 Å². The van der Waals surface area contributed by atoms with E-state index in [1.54, 1.807) is 31.7 Å². The van der Waals surface area contributed by atoms with E-state index >= 15 is 0 Å². The first-order valence-corrected chi connectivity index (χ1v) is 24.2. The first-order chi connectivity index (χ1) is 32.3. The molecular weight excluding hydrogens is 865 g/mol. The number of carbonyl (C=O) groups is 4. The number of nitrogens with one attached hydrogen (secondary N) is 2. The zero-order valence-electron chi connectivity index (χ0n) is 39.8. The van der Waals surface area contributed by atoms with Crippen LogP contribution in [0.3, 0.4) is 0 Å². The van der Waals surface area contributed by atoms with Crippen molar-refractivity contribution in [1.82, 2.24) is 30.2 Å². The van der Waals surface area contributed by atoms with Crippen LogP contribution in [0.5, 0.6) is 0 Å². The van der Waals surface area contributed by atoms with E-state index in [1.165, 1.54) is 14.8 Å². The Morgan fingerprint density at radius 1 is 1.09 bits per heavy atom. The number of hydrogen-bond donors (Lipinski definition) is 2. The minimum atomic E-state index is -1.03. The maximum absolute atomic E-state index is 14.7. The normalized spacial score (nSPS) is 17.9. The van der Waals surface area contributed by atoms with E-state index in [9.17, 15) is 19.2 Å². The topological polar surface area (TPSA) is 160 Å². The average molecular weight is 929 g/mol. The third kappa shape index (κ3) is 11.8. The number of nitrogens with zero attached hydrogens (tertiary/aromatic N) is 6. The standard InChI is InChI=1S/C52H64N8O6S/c1-8-59-45-17-16-37-28-40(45)41(48(59)42-30-53-21-18-38(42)31-65-7)29-52(4,5)32-66-51(64)43-15-10-24-60(57-43)50(63)44(27-35-12-9-13-36(37)26-35)56-49(62)47(34(2)3)58(6)46(61)20-23-55-33-54-22-19-39-14-11-25-67-39/h9,11-14,16-18,21,25-26,28,30,34,43-44,47,57H,8,10,15,19-20,22-24,27,29,31-32H2,1-7H3,(H,56,62)/t43-,44-,47-/m0/s1. The number of amides is 3. The molecule has 2 aliphatic heterocycles. The second kappa shape index (κ2) is 22.2. The zero-order valence-corrected chi connectivity index (χ0v) is 40.7. The lowest BCUT2D eigenvalue weighted by Crippen LogP contribution is -2.62. The molecule has 3 amide bonds. The van der Waals surface area contributed by atoms with Gasteiger partial charge in [-0.2, -0.15) is 0 Å². The third-order valence-corrected chi connectivity index (χ3v) is 13.5. The summed E-state index contributed by atoms with van der Waals surface area (Å²) in [5.74, 6) is -1.82. The van der Waals surface area contributed by atoms with Crippen molar-refractivity contribution in [3.8, 4) is 22.4 Å². The number of rotatable bonds is 14. The molecule has 67 heavy (non-hydrogen) atoms. The van der Waals surface area contributed by atoms with Gasteiger partial charge in [-0.15, -0.1) is 11.3 Å². The van der Waals surface area contributed by atoms with Gasteiger partial charge in [0.1, 0.15) is 18.1 Å². The summed E-state index contributed by atoms with van der Waals surface area (Å²) >= 11 is 1.68. The molecule has 0 radical (unpaired) electrons. The number of likely N-dealkylation sites (N-methyl/N-ethyl adjacent to an activating group) is 1. The van der Waals surface area contributed by atoms with Crippen LogP contribution in [-0.4, -0.2) is 108 Å². The van der Waals surface area contributed by atoms with Crippen molar-refractivity contribution < 1.29 is 28.7 Å². The second-order valence-corrected chi connectivity index (χ2v) is 19.7. The number of carbonyl (C=O) groups excluding carboxylic acids is 4. The largest absolute Gasteiger partial charge is 0.464 e. The van der Waals surface area contributed by atoms with Gasteiger partial charge in [0.2, 0.25) is 11.8 Å². The van der Waals surface area contributed by atoms with Gasteiger partial charge in [0, 0.05) is 85.7 Å². The molecule has 0 spiro atoms. The van der Waals surface area contributed by atoms with Gasteiger partial charge in [0.05, 0.1) is 38.0 Å². The molecule has 5 heterocycles. The minimum Gasteiger partial charge on any atom is -0.464 e. The van der Waals surface area contributed by atoms with Crippen LogP contribution in [0.1, 0.15) is 75.4 Å². The monoisotopic (exact) mass is 928 g/mol. The number of aryl methyl sites for hydroxylation is 1. The van der Waals surface area contributed by atoms with E-state index in [-0.39, 0.29) is 43.7 Å². The van der Waals surface area contributed by atoms with Crippen LogP contribution >= 0.6 is 11.3 Å². The SMILES string of the molecule is CCn1c(-c2cnccc2COC)c2c3cc(ccc31)-c1cccc(c1)C[C@H](NC(=O)[C@H](C(C)C)N(C)C(=O)CCN=C=NCCc1cccs1)C(=O)N1CCC[C@H](N1)C(=O)OCC(C)(C)C2. The summed E-state index contributed by atoms with van der Waals surface area (Å²) in [6.07, 6.45) is 6.37. The lowest BCUT2D eigenvalue weighted by Gasteiger charge is -2.36. The molecule has 1 saturated heterocycles. The van der Waals surface area contributed by atoms with Crippen LogP contribution in [0.25, 0.3) is 33.3 Å². The van der Waals surface area contributed by atoms with E-state index < -0.39 is 35.4 Å². The molecule has 0 unspecified atom stereocenters. The van der Waals surface area contributed by atoms with Crippen molar-refractivity contribution in [2.45, 2.75) is 104 Å². The fourth-order valence-electron chi connectivity index (χ4n) is 9.29. The number of aromatic nitrogens is 2. The van der Waals surface area contributed by atoms with Gasteiger partial charge in [0.25, 0.3) is 5.91 Å². The highest BCUT2D eigenvalue weighted by atomic mass is 32.1. The maximum atomic E-state index is 14.7. The summed E-state index contributed by atoms with van der Waals surface area (Å²) < 4.78 is 14.1. The van der Waals surface area contributed by atoms with Gasteiger partial charge in [-0.05, 0) is 89.6 Å². The maximum Gasteiger partial charge on any atom is 0.324 e. The number of benzene rings is 2. The van der Waals surface area contributed by atoms with Crippen LogP contribution in [0.2, 0.25) is 0 Å². The number of cyclic esters (lactones) is 1. The van der Waals surface area contributed by atoms with Crippen molar-refractivity contribution >= 4 is 51.9 Å². The molecular formula is C52H64N8O6S. The van der Waals surface area contributed by atoms with Crippen LogP contribution in [0.15, 0.2) is 88.4 Å². The van der Waals surface area contributed by atoms with E-state index in [1.807, 2.05) is 49.7 Å². The summed E-state index contributed by atoms with van der Waals surface area (Å²) in [5.41, 5.74) is 10.7. The molecule has 2 N–H and O–H groups in total. The predicted molar refractivity (Wildman–Crippen MR) is 263 cm³/mol. The van der Waals surface area contributed by atoms with Crippen LogP contribution in [0.4, 0.5) is 0 Å². The number of ether oxygens (including phenoxy) is 2. The van der Waals surface area contributed by atoms with Crippen molar-refractivity contribution in [1.29, 1.82) is 0 Å². The average Bonchev–Trinajstić information content (AvgIpc) is 3.95. The van der Waals surface area contributed by atoms with Crippen LogP contribution in [-0.2, 0) is 61.1 Å². The second-order valence-electron chi connectivity index (χ2n) is 18.6. The molecule has 5 aromatic rings. The van der Waals surface area contributed by atoms with Crippen LogP contribution in [0, 0.1) is 11.3 Å². The van der Waals surface area contributed by atoms with Crippen molar-refractivity contribution in [3.63, 3.8) is 0 Å². The molecule has 3 aromatic heterocycles. The quantitative estimate of drug-likeness (QED) is 0.0854. The highest BCUT2D eigenvalue weighted by Gasteiger charge is 2.37. The number of hydrogen-bond acceptors (Lipinski definition) is 11. The van der Waals surface area contributed by atoms with Gasteiger partial charge >= 0.3 is 5.97 Å². The van der Waals surface area contributed by atoms with Gasteiger partial charge in [0.15, 0.2) is 0 Å². The van der Waals surface area contributed by atoms with Gasteiger partial charge < -0.3 is 24.3 Å². The Morgan fingerprint density at radius 2 is 1.90 bits per heavy atom. The summed E-state index contributed by atoms with van der Waals surface area (Å²) in [6.45, 7) is 12.5. The third-order valence-electron chi connectivity index (χ3n) is 12.6. The van der Waals surface area contributed by atoms with Gasteiger partial charge in [-0.25, -0.2) is 15.4 Å². The molecule has 0 aliphatic carbocycles. The molecule has 2 aromatic carbocycles.